The Balaban J connectivity index is 1.56. The lowest BCUT2D eigenvalue weighted by atomic mass is 9.93. The molecule has 1 aromatic heterocycles. The number of likely N-dealkylation sites (tertiary alicyclic amines) is 1. The van der Waals surface area contributed by atoms with Crippen LogP contribution in [-0.2, 0) is 17.7 Å². The molecule has 1 aromatic rings. The summed E-state index contributed by atoms with van der Waals surface area (Å²) in [6.45, 7) is 5.73. The second-order valence-corrected chi connectivity index (χ2v) is 7.71. The minimum absolute atomic E-state index is 0.0577. The summed E-state index contributed by atoms with van der Waals surface area (Å²) in [6.07, 6.45) is 4.61. The fourth-order valence-corrected chi connectivity index (χ4v) is 4.66. The van der Waals surface area contributed by atoms with E-state index in [9.17, 15) is 4.79 Å². The second kappa shape index (κ2) is 6.32. The molecule has 0 saturated carbocycles. The number of pyridine rings is 1. The molecule has 25 heavy (non-hydrogen) atoms. The van der Waals surface area contributed by atoms with E-state index >= 15 is 0 Å². The predicted molar refractivity (Wildman–Crippen MR) is 91.4 cm³/mol. The van der Waals surface area contributed by atoms with Crippen molar-refractivity contribution in [1.82, 2.24) is 20.3 Å². The standard InChI is InChI=1S/C18H26N4O3/c1-3-14-5-16-13(4-12(7-19-16)17(23)20-24)8-22(14)11-18-6-15(9-25-18)21(2)10-18/h4,7,14-15,24H,3,5-6,8-11H2,1-2H3,(H,20,23)/t14-,15-,18-/m0/s1. The molecule has 0 aromatic carbocycles. The third-order valence-corrected chi connectivity index (χ3v) is 6.06. The van der Waals surface area contributed by atoms with E-state index < -0.39 is 5.91 Å². The van der Waals surface area contributed by atoms with E-state index in [4.69, 9.17) is 9.94 Å². The number of rotatable bonds is 4. The van der Waals surface area contributed by atoms with Crippen molar-refractivity contribution in [3.63, 3.8) is 0 Å². The van der Waals surface area contributed by atoms with E-state index in [0.29, 0.717) is 17.6 Å². The zero-order valence-electron chi connectivity index (χ0n) is 14.9. The Labute approximate surface area is 147 Å². The summed E-state index contributed by atoms with van der Waals surface area (Å²) in [6, 6.07) is 2.85. The van der Waals surface area contributed by atoms with Gasteiger partial charge in [0, 0.05) is 50.0 Å². The maximum absolute atomic E-state index is 11.7. The Morgan fingerprint density at radius 3 is 3.04 bits per heavy atom. The first-order valence-corrected chi connectivity index (χ1v) is 9.04. The SMILES string of the molecule is CC[C@H]1Cc2ncc(C(=O)NO)cc2CN1C[C@@]12C[C@@H](CO1)N(C)C2. The van der Waals surface area contributed by atoms with E-state index in [1.165, 1.54) is 0 Å². The number of nitrogens with one attached hydrogen (secondary N) is 1. The Hall–Kier alpha value is -1.54. The number of nitrogens with zero attached hydrogens (tertiary/aromatic N) is 3. The summed E-state index contributed by atoms with van der Waals surface area (Å²) in [7, 11) is 2.18. The number of likely N-dealkylation sites (N-methyl/N-ethyl adjacent to an activating group) is 1. The van der Waals surface area contributed by atoms with Gasteiger partial charge >= 0.3 is 0 Å². The van der Waals surface area contributed by atoms with Crippen molar-refractivity contribution in [3.8, 4) is 0 Å². The number of aromatic nitrogens is 1. The lowest BCUT2D eigenvalue weighted by Gasteiger charge is -2.41. The van der Waals surface area contributed by atoms with Gasteiger partial charge in [-0.15, -0.1) is 0 Å². The van der Waals surface area contributed by atoms with Crippen LogP contribution >= 0.6 is 0 Å². The van der Waals surface area contributed by atoms with Crippen LogP contribution in [0.5, 0.6) is 0 Å². The average molecular weight is 346 g/mol. The van der Waals surface area contributed by atoms with Gasteiger partial charge in [-0.2, -0.15) is 0 Å². The molecule has 2 fully saturated rings. The molecule has 4 heterocycles. The van der Waals surface area contributed by atoms with Crippen molar-refractivity contribution in [2.75, 3.05) is 26.7 Å². The minimum atomic E-state index is -0.516. The highest BCUT2D eigenvalue weighted by Gasteiger charge is 2.51. The smallest absolute Gasteiger partial charge is 0.276 e. The Bertz CT molecular complexity index is 678. The van der Waals surface area contributed by atoms with Crippen molar-refractivity contribution in [1.29, 1.82) is 0 Å². The van der Waals surface area contributed by atoms with Gasteiger partial charge in [-0.3, -0.25) is 24.8 Å². The van der Waals surface area contributed by atoms with Crippen LogP contribution in [0, 0.1) is 0 Å². The van der Waals surface area contributed by atoms with Crippen LogP contribution in [0.4, 0.5) is 0 Å². The summed E-state index contributed by atoms with van der Waals surface area (Å²) in [5.74, 6) is -0.516. The van der Waals surface area contributed by atoms with Crippen LogP contribution in [0.2, 0.25) is 0 Å². The second-order valence-electron chi connectivity index (χ2n) is 7.71. The normalized spacial score (nSPS) is 32.0. The molecule has 4 rings (SSSR count). The van der Waals surface area contributed by atoms with Crippen molar-refractivity contribution in [2.45, 2.75) is 50.4 Å². The number of amides is 1. The van der Waals surface area contributed by atoms with Gasteiger partial charge < -0.3 is 4.74 Å². The van der Waals surface area contributed by atoms with Crippen molar-refractivity contribution < 1.29 is 14.7 Å². The number of morpholine rings is 1. The molecule has 2 bridgehead atoms. The van der Waals surface area contributed by atoms with Crippen LogP contribution in [0.25, 0.3) is 0 Å². The van der Waals surface area contributed by atoms with Crippen molar-refractivity contribution in [3.05, 3.63) is 29.1 Å². The van der Waals surface area contributed by atoms with Gasteiger partial charge in [0.05, 0.1) is 17.8 Å². The van der Waals surface area contributed by atoms with E-state index in [2.05, 4.69) is 28.8 Å². The van der Waals surface area contributed by atoms with E-state index in [-0.39, 0.29) is 5.60 Å². The van der Waals surface area contributed by atoms with Gasteiger partial charge in [0.15, 0.2) is 0 Å². The molecule has 3 aliphatic heterocycles. The fraction of sp³-hybridized carbons (Fsp3) is 0.667. The molecular formula is C18H26N4O3. The van der Waals surface area contributed by atoms with E-state index in [1.54, 1.807) is 11.7 Å². The summed E-state index contributed by atoms with van der Waals surface area (Å²) in [5.41, 5.74) is 4.15. The van der Waals surface area contributed by atoms with Crippen LogP contribution in [0.1, 0.15) is 41.4 Å². The van der Waals surface area contributed by atoms with Gasteiger partial charge in [0.2, 0.25) is 0 Å². The molecule has 3 atom stereocenters. The molecule has 136 valence electrons. The molecule has 0 spiro atoms. The molecular weight excluding hydrogens is 320 g/mol. The van der Waals surface area contributed by atoms with Crippen LogP contribution in [0.15, 0.2) is 12.3 Å². The highest BCUT2D eigenvalue weighted by atomic mass is 16.5. The lowest BCUT2D eigenvalue weighted by molar-refractivity contribution is -0.0661. The summed E-state index contributed by atoms with van der Waals surface area (Å²) in [4.78, 5) is 21.1. The van der Waals surface area contributed by atoms with E-state index in [0.717, 1.165) is 56.8 Å². The Morgan fingerprint density at radius 2 is 2.40 bits per heavy atom. The number of hydrogen-bond acceptors (Lipinski definition) is 6. The quantitative estimate of drug-likeness (QED) is 0.621. The topological polar surface area (TPSA) is 77.9 Å². The monoisotopic (exact) mass is 346 g/mol. The number of carbonyl (C=O) groups excluding carboxylic acids is 1. The van der Waals surface area contributed by atoms with Gasteiger partial charge in [-0.05, 0) is 31.5 Å². The highest BCUT2D eigenvalue weighted by Crippen LogP contribution is 2.38. The summed E-state index contributed by atoms with van der Waals surface area (Å²) in [5, 5.41) is 8.85. The highest BCUT2D eigenvalue weighted by molar-refractivity contribution is 5.93. The molecule has 3 aliphatic rings. The van der Waals surface area contributed by atoms with Gasteiger partial charge in [-0.25, -0.2) is 5.48 Å². The third kappa shape index (κ3) is 2.95. The lowest BCUT2D eigenvalue weighted by Crippen LogP contribution is -2.52. The molecule has 2 saturated heterocycles. The molecule has 0 radical (unpaired) electrons. The third-order valence-electron chi connectivity index (χ3n) is 6.06. The molecule has 1 amide bonds. The van der Waals surface area contributed by atoms with Gasteiger partial charge in [0.1, 0.15) is 0 Å². The minimum Gasteiger partial charge on any atom is -0.371 e. The first-order chi connectivity index (χ1) is 12.0. The van der Waals surface area contributed by atoms with Crippen molar-refractivity contribution in [2.24, 2.45) is 0 Å². The molecule has 0 unspecified atom stereocenters. The van der Waals surface area contributed by atoms with Crippen LogP contribution in [-0.4, -0.2) is 70.3 Å². The van der Waals surface area contributed by atoms with Gasteiger partial charge in [-0.1, -0.05) is 6.92 Å². The molecule has 2 N–H and O–H groups in total. The summed E-state index contributed by atoms with van der Waals surface area (Å²) < 4.78 is 6.18. The largest absolute Gasteiger partial charge is 0.371 e. The zero-order chi connectivity index (χ0) is 17.6. The Morgan fingerprint density at radius 1 is 1.56 bits per heavy atom. The number of hydrogen-bond donors (Lipinski definition) is 2. The number of carbonyl (C=O) groups is 1. The zero-order valence-corrected chi connectivity index (χ0v) is 14.9. The first kappa shape index (κ1) is 16.9. The van der Waals surface area contributed by atoms with Gasteiger partial charge in [0.25, 0.3) is 5.91 Å². The van der Waals surface area contributed by atoms with Crippen molar-refractivity contribution >= 4 is 5.91 Å². The average Bonchev–Trinajstić information content (AvgIpc) is 3.16. The van der Waals surface area contributed by atoms with Crippen LogP contribution in [0.3, 0.4) is 0 Å². The maximum atomic E-state index is 11.7. The number of hydroxylamine groups is 1. The fourth-order valence-electron chi connectivity index (χ4n) is 4.66. The van der Waals surface area contributed by atoms with E-state index in [1.807, 2.05) is 6.07 Å². The molecule has 7 heteroatoms. The summed E-state index contributed by atoms with van der Waals surface area (Å²) >= 11 is 0. The molecule has 0 aliphatic carbocycles. The number of ether oxygens (including phenoxy) is 1. The molecule has 7 nitrogen and oxygen atoms in total. The van der Waals surface area contributed by atoms with Crippen LogP contribution < -0.4 is 5.48 Å². The maximum Gasteiger partial charge on any atom is 0.276 e. The first-order valence-electron chi connectivity index (χ1n) is 9.04. The predicted octanol–water partition coefficient (Wildman–Crippen LogP) is 0.810. The Kier molecular flexibility index (Phi) is 4.27. The number of fused-ring (bicyclic) bond motifs is 3.